The van der Waals surface area contributed by atoms with Crippen LogP contribution in [0.25, 0.3) is 0 Å². The lowest BCUT2D eigenvalue weighted by atomic mass is 10.00. The van der Waals surface area contributed by atoms with E-state index in [2.05, 4.69) is 15.9 Å². The monoisotopic (exact) mass is 345 g/mol. The Morgan fingerprint density at radius 3 is 2.50 bits per heavy atom. The normalized spacial score (nSPS) is 28.8. The number of fused-ring (bicyclic) bond motifs is 1. The summed E-state index contributed by atoms with van der Waals surface area (Å²) in [6.07, 6.45) is 1.21. The van der Waals surface area contributed by atoms with Gasteiger partial charge in [-0.1, -0.05) is 15.9 Å². The van der Waals surface area contributed by atoms with Crippen molar-refractivity contribution in [2.24, 2.45) is 11.8 Å². The Morgan fingerprint density at radius 1 is 1.25 bits per heavy atom. The number of rotatable bonds is 1. The minimum absolute atomic E-state index is 0.0421. The second-order valence-corrected chi connectivity index (χ2v) is 6.44. The summed E-state index contributed by atoms with van der Waals surface area (Å²) in [4.78, 5) is 13.7. The third kappa shape index (κ3) is 2.24. The van der Waals surface area contributed by atoms with Gasteiger partial charge in [-0.25, -0.2) is 8.78 Å². The third-order valence-electron chi connectivity index (χ3n) is 4.33. The first kappa shape index (κ1) is 13.9. The number of carbonyl (C=O) groups excluding carboxylic acids is 1. The SMILES string of the molecule is O=C(c1c(F)cc(Br)cc1F)N1CC2CCC(O)C2C1. The van der Waals surface area contributed by atoms with E-state index < -0.39 is 29.2 Å². The zero-order valence-electron chi connectivity index (χ0n) is 10.7. The Labute approximate surface area is 123 Å². The summed E-state index contributed by atoms with van der Waals surface area (Å²) in [7, 11) is 0. The Bertz CT molecular complexity index is 543. The van der Waals surface area contributed by atoms with Gasteiger partial charge in [0.2, 0.25) is 0 Å². The number of carbonyl (C=O) groups is 1. The van der Waals surface area contributed by atoms with Crippen molar-refractivity contribution in [3.8, 4) is 0 Å². The van der Waals surface area contributed by atoms with Gasteiger partial charge in [-0.15, -0.1) is 0 Å². The molecule has 0 radical (unpaired) electrons. The molecule has 0 aromatic heterocycles. The van der Waals surface area contributed by atoms with Gasteiger partial charge in [0.1, 0.15) is 17.2 Å². The average molecular weight is 346 g/mol. The molecule has 1 saturated heterocycles. The summed E-state index contributed by atoms with van der Waals surface area (Å²) in [5.74, 6) is -2.07. The number of hydrogen-bond donors (Lipinski definition) is 1. The van der Waals surface area contributed by atoms with Crippen molar-refractivity contribution in [3.05, 3.63) is 33.8 Å². The highest BCUT2D eigenvalue weighted by Gasteiger charge is 2.44. The van der Waals surface area contributed by atoms with E-state index in [1.165, 1.54) is 4.90 Å². The molecule has 2 fully saturated rings. The standard InChI is InChI=1S/C14H14BrF2NO2/c15-8-3-10(16)13(11(17)4-8)14(20)18-5-7-1-2-12(19)9(7)6-18/h3-4,7,9,12,19H,1-2,5-6H2. The van der Waals surface area contributed by atoms with Crippen molar-refractivity contribution in [3.63, 3.8) is 0 Å². The molecule has 20 heavy (non-hydrogen) atoms. The molecule has 3 nitrogen and oxygen atoms in total. The molecule has 2 aliphatic rings. The van der Waals surface area contributed by atoms with Crippen LogP contribution >= 0.6 is 15.9 Å². The van der Waals surface area contributed by atoms with Gasteiger partial charge in [0.25, 0.3) is 5.91 Å². The molecule has 108 valence electrons. The smallest absolute Gasteiger partial charge is 0.259 e. The predicted octanol–water partition coefficient (Wildman–Crippen LogP) is 2.57. The highest BCUT2D eigenvalue weighted by atomic mass is 79.9. The lowest BCUT2D eigenvalue weighted by molar-refractivity contribution is 0.0743. The van der Waals surface area contributed by atoms with Gasteiger partial charge in [0, 0.05) is 23.5 Å². The van der Waals surface area contributed by atoms with Crippen LogP contribution in [0.1, 0.15) is 23.2 Å². The molecule has 0 spiro atoms. The fraction of sp³-hybridized carbons (Fsp3) is 0.500. The zero-order valence-corrected chi connectivity index (χ0v) is 12.2. The van der Waals surface area contributed by atoms with Gasteiger partial charge in [0.15, 0.2) is 0 Å². The Kier molecular flexibility index (Phi) is 3.54. The number of likely N-dealkylation sites (tertiary alicyclic amines) is 1. The number of amides is 1. The van der Waals surface area contributed by atoms with E-state index in [1.54, 1.807) is 0 Å². The van der Waals surface area contributed by atoms with Gasteiger partial charge in [-0.3, -0.25) is 4.79 Å². The summed E-state index contributed by atoms with van der Waals surface area (Å²) in [5.41, 5.74) is -0.511. The van der Waals surface area contributed by atoms with E-state index in [4.69, 9.17) is 0 Å². The van der Waals surface area contributed by atoms with Gasteiger partial charge >= 0.3 is 0 Å². The Hall–Kier alpha value is -1.01. The molecule has 1 aliphatic heterocycles. The minimum Gasteiger partial charge on any atom is -0.393 e. The topological polar surface area (TPSA) is 40.5 Å². The number of hydrogen-bond acceptors (Lipinski definition) is 2. The molecular weight excluding hydrogens is 332 g/mol. The van der Waals surface area contributed by atoms with Crippen LogP contribution in [0.15, 0.2) is 16.6 Å². The van der Waals surface area contributed by atoms with E-state index in [1.807, 2.05) is 0 Å². The average Bonchev–Trinajstić information content (AvgIpc) is 2.90. The van der Waals surface area contributed by atoms with Crippen LogP contribution in [0.3, 0.4) is 0 Å². The molecule has 1 saturated carbocycles. The Morgan fingerprint density at radius 2 is 1.90 bits per heavy atom. The first-order valence-corrected chi connectivity index (χ1v) is 7.38. The molecule has 6 heteroatoms. The molecule has 1 aromatic rings. The molecule has 1 amide bonds. The fourth-order valence-corrected chi connectivity index (χ4v) is 3.71. The quantitative estimate of drug-likeness (QED) is 0.849. The van der Waals surface area contributed by atoms with Crippen LogP contribution in [0.2, 0.25) is 0 Å². The molecular formula is C14H14BrF2NO2. The fourth-order valence-electron chi connectivity index (χ4n) is 3.31. The van der Waals surface area contributed by atoms with E-state index in [-0.39, 0.29) is 16.3 Å². The Balaban J connectivity index is 1.84. The summed E-state index contributed by atoms with van der Waals surface area (Å²) in [6, 6.07) is 2.17. The lowest BCUT2D eigenvalue weighted by Gasteiger charge is -2.19. The van der Waals surface area contributed by atoms with Crippen molar-refractivity contribution in [2.45, 2.75) is 18.9 Å². The van der Waals surface area contributed by atoms with Crippen molar-refractivity contribution in [1.29, 1.82) is 0 Å². The van der Waals surface area contributed by atoms with Crippen LogP contribution in [0, 0.1) is 23.5 Å². The van der Waals surface area contributed by atoms with Crippen molar-refractivity contribution < 1.29 is 18.7 Å². The number of aliphatic hydroxyl groups is 1. The van der Waals surface area contributed by atoms with Crippen LogP contribution in [-0.2, 0) is 0 Å². The molecule has 1 heterocycles. The maximum absolute atomic E-state index is 13.8. The number of nitrogens with zero attached hydrogens (tertiary/aromatic N) is 1. The van der Waals surface area contributed by atoms with Crippen LogP contribution < -0.4 is 0 Å². The molecule has 1 aliphatic carbocycles. The van der Waals surface area contributed by atoms with E-state index in [0.717, 1.165) is 25.0 Å². The van der Waals surface area contributed by atoms with Crippen molar-refractivity contribution in [1.82, 2.24) is 4.90 Å². The van der Waals surface area contributed by atoms with E-state index in [9.17, 15) is 18.7 Å². The zero-order chi connectivity index (χ0) is 14.4. The molecule has 3 unspecified atom stereocenters. The lowest BCUT2D eigenvalue weighted by Crippen LogP contribution is -2.32. The molecule has 0 bridgehead atoms. The van der Waals surface area contributed by atoms with Crippen LogP contribution in [0.5, 0.6) is 0 Å². The number of aliphatic hydroxyl groups excluding tert-OH is 1. The van der Waals surface area contributed by atoms with Gasteiger partial charge in [0.05, 0.1) is 6.10 Å². The summed E-state index contributed by atoms with van der Waals surface area (Å²) >= 11 is 2.99. The van der Waals surface area contributed by atoms with Crippen LogP contribution in [-0.4, -0.2) is 35.1 Å². The molecule has 1 aromatic carbocycles. The maximum Gasteiger partial charge on any atom is 0.259 e. The number of halogens is 3. The van der Waals surface area contributed by atoms with Crippen molar-refractivity contribution >= 4 is 21.8 Å². The molecule has 1 N–H and O–H groups in total. The summed E-state index contributed by atoms with van der Waals surface area (Å²) < 4.78 is 27.9. The first-order valence-electron chi connectivity index (χ1n) is 6.59. The second kappa shape index (κ2) is 5.07. The van der Waals surface area contributed by atoms with Gasteiger partial charge in [-0.2, -0.15) is 0 Å². The van der Waals surface area contributed by atoms with Gasteiger partial charge in [-0.05, 0) is 30.9 Å². The maximum atomic E-state index is 13.8. The minimum atomic E-state index is -0.862. The predicted molar refractivity (Wildman–Crippen MR) is 72.2 cm³/mol. The summed E-state index contributed by atoms with van der Waals surface area (Å²) in [5, 5.41) is 9.82. The molecule has 3 atom stereocenters. The van der Waals surface area contributed by atoms with E-state index in [0.29, 0.717) is 13.1 Å². The largest absolute Gasteiger partial charge is 0.393 e. The van der Waals surface area contributed by atoms with Crippen molar-refractivity contribution in [2.75, 3.05) is 13.1 Å². The third-order valence-corrected chi connectivity index (χ3v) is 4.78. The first-order chi connectivity index (χ1) is 9.47. The number of benzene rings is 1. The second-order valence-electron chi connectivity index (χ2n) is 5.52. The highest BCUT2D eigenvalue weighted by molar-refractivity contribution is 9.10. The van der Waals surface area contributed by atoms with E-state index >= 15 is 0 Å². The summed E-state index contributed by atoms with van der Waals surface area (Å²) in [6.45, 7) is 0.842. The van der Waals surface area contributed by atoms with Gasteiger partial charge < -0.3 is 10.0 Å². The highest BCUT2D eigenvalue weighted by Crippen LogP contribution is 2.38. The molecule has 3 rings (SSSR count). The van der Waals surface area contributed by atoms with Crippen LogP contribution in [0.4, 0.5) is 8.78 Å².